The molecule has 0 aliphatic rings. The largest absolute Gasteiger partial charge is 0.302 e. The summed E-state index contributed by atoms with van der Waals surface area (Å²) in [6, 6.07) is 17.8. The molecule has 0 spiro atoms. The van der Waals surface area contributed by atoms with E-state index in [0.29, 0.717) is 12.3 Å². The number of carbonyl (C=O) groups is 1. The van der Waals surface area contributed by atoms with E-state index in [9.17, 15) is 4.79 Å². The normalized spacial score (nSPS) is 10.8. The highest BCUT2D eigenvalue weighted by molar-refractivity contribution is 7.99. The predicted octanol–water partition coefficient (Wildman–Crippen LogP) is 3.92. The molecule has 24 heavy (non-hydrogen) atoms. The van der Waals surface area contributed by atoms with E-state index in [1.54, 1.807) is 0 Å². The van der Waals surface area contributed by atoms with Gasteiger partial charge in [-0.2, -0.15) is 0 Å². The van der Waals surface area contributed by atoms with Crippen molar-refractivity contribution in [3.63, 3.8) is 0 Å². The van der Waals surface area contributed by atoms with E-state index >= 15 is 0 Å². The molecule has 5 heteroatoms. The second kappa shape index (κ2) is 7.45. The van der Waals surface area contributed by atoms with Crippen LogP contribution >= 0.6 is 11.8 Å². The molecule has 0 bridgehead atoms. The molecule has 1 heterocycles. The molecular weight excluding hydrogens is 318 g/mol. The number of carbonyl (C=O) groups excluding carboxylic acids is 1. The van der Waals surface area contributed by atoms with Crippen LogP contribution in [0.3, 0.4) is 0 Å². The van der Waals surface area contributed by atoms with Crippen LogP contribution in [0.2, 0.25) is 0 Å². The van der Waals surface area contributed by atoms with Crippen molar-refractivity contribution in [3.8, 4) is 0 Å². The Morgan fingerprint density at radius 3 is 2.42 bits per heavy atom. The summed E-state index contributed by atoms with van der Waals surface area (Å²) < 4.78 is 2.04. The molecule has 0 N–H and O–H groups in total. The van der Waals surface area contributed by atoms with Gasteiger partial charge < -0.3 is 4.57 Å². The van der Waals surface area contributed by atoms with Gasteiger partial charge >= 0.3 is 0 Å². The zero-order valence-electron chi connectivity index (χ0n) is 13.8. The third-order valence-corrected chi connectivity index (χ3v) is 4.76. The van der Waals surface area contributed by atoms with Gasteiger partial charge in [-0.1, -0.05) is 71.9 Å². The van der Waals surface area contributed by atoms with E-state index in [2.05, 4.69) is 22.3 Å². The minimum atomic E-state index is 0.104. The van der Waals surface area contributed by atoms with Crippen LogP contribution in [0, 0.1) is 13.8 Å². The van der Waals surface area contributed by atoms with E-state index in [1.165, 1.54) is 17.3 Å². The first-order chi connectivity index (χ1) is 11.6. The molecule has 0 amide bonds. The van der Waals surface area contributed by atoms with Crippen molar-refractivity contribution >= 4 is 17.5 Å². The average molecular weight is 337 g/mol. The van der Waals surface area contributed by atoms with Gasteiger partial charge in [0, 0.05) is 5.56 Å². The number of hydrogen-bond acceptors (Lipinski definition) is 4. The Morgan fingerprint density at radius 2 is 1.71 bits per heavy atom. The van der Waals surface area contributed by atoms with Crippen molar-refractivity contribution in [2.24, 2.45) is 0 Å². The maximum Gasteiger partial charge on any atom is 0.191 e. The van der Waals surface area contributed by atoms with E-state index in [1.807, 2.05) is 60.9 Å². The molecule has 1 aromatic heterocycles. The van der Waals surface area contributed by atoms with Gasteiger partial charge in [0.15, 0.2) is 10.9 Å². The van der Waals surface area contributed by atoms with Crippen LogP contribution in [0.4, 0.5) is 0 Å². The molecule has 2 aromatic carbocycles. The Bertz CT molecular complexity index is 826. The summed E-state index contributed by atoms with van der Waals surface area (Å²) >= 11 is 1.43. The molecule has 122 valence electrons. The van der Waals surface area contributed by atoms with Crippen molar-refractivity contribution in [2.45, 2.75) is 25.5 Å². The first-order valence-corrected chi connectivity index (χ1v) is 8.78. The summed E-state index contributed by atoms with van der Waals surface area (Å²) in [5, 5.41) is 9.15. The number of aromatic nitrogens is 3. The fourth-order valence-corrected chi connectivity index (χ4v) is 3.25. The third kappa shape index (κ3) is 3.92. The zero-order chi connectivity index (χ0) is 16.9. The Hall–Kier alpha value is -2.40. The van der Waals surface area contributed by atoms with Crippen LogP contribution in [-0.2, 0) is 6.54 Å². The highest BCUT2D eigenvalue weighted by Crippen LogP contribution is 2.20. The Kier molecular flexibility index (Phi) is 5.11. The fraction of sp³-hybridized carbons (Fsp3) is 0.211. The maximum atomic E-state index is 12.3. The SMILES string of the molecule is Cc1ccc(C(=O)CSc2nnc(C)n2Cc2ccccc2)cc1. The highest BCUT2D eigenvalue weighted by Gasteiger charge is 2.13. The molecule has 3 aromatic rings. The van der Waals surface area contributed by atoms with Gasteiger partial charge in [0.25, 0.3) is 0 Å². The maximum absolute atomic E-state index is 12.3. The monoisotopic (exact) mass is 337 g/mol. The van der Waals surface area contributed by atoms with Crippen LogP contribution in [0.15, 0.2) is 59.8 Å². The second-order valence-electron chi connectivity index (χ2n) is 5.68. The van der Waals surface area contributed by atoms with Crippen LogP contribution in [0.5, 0.6) is 0 Å². The minimum Gasteiger partial charge on any atom is -0.302 e. The van der Waals surface area contributed by atoms with Gasteiger partial charge in [-0.3, -0.25) is 4.79 Å². The van der Waals surface area contributed by atoms with Gasteiger partial charge in [0.1, 0.15) is 5.82 Å². The lowest BCUT2D eigenvalue weighted by atomic mass is 10.1. The molecule has 0 aliphatic carbocycles. The second-order valence-corrected chi connectivity index (χ2v) is 6.62. The first kappa shape index (κ1) is 16.5. The first-order valence-electron chi connectivity index (χ1n) is 7.80. The summed E-state index contributed by atoms with van der Waals surface area (Å²) in [7, 11) is 0. The zero-order valence-corrected chi connectivity index (χ0v) is 14.6. The van der Waals surface area contributed by atoms with Gasteiger partial charge in [-0.15, -0.1) is 10.2 Å². The van der Waals surface area contributed by atoms with E-state index in [4.69, 9.17) is 0 Å². The Balaban J connectivity index is 1.69. The topological polar surface area (TPSA) is 47.8 Å². The van der Waals surface area contributed by atoms with Crippen LogP contribution in [-0.4, -0.2) is 26.3 Å². The molecule has 4 nitrogen and oxygen atoms in total. The number of rotatable bonds is 6. The number of benzene rings is 2. The lowest BCUT2D eigenvalue weighted by molar-refractivity contribution is 0.102. The lowest BCUT2D eigenvalue weighted by Gasteiger charge is -2.08. The molecule has 0 unspecified atom stereocenters. The van der Waals surface area contributed by atoms with Gasteiger partial charge in [0.2, 0.25) is 0 Å². The predicted molar refractivity (Wildman–Crippen MR) is 96.5 cm³/mol. The van der Waals surface area contributed by atoms with Crippen molar-refractivity contribution in [2.75, 3.05) is 5.75 Å². The van der Waals surface area contributed by atoms with Crippen LogP contribution in [0.25, 0.3) is 0 Å². The fourth-order valence-electron chi connectivity index (χ4n) is 2.37. The van der Waals surface area contributed by atoms with E-state index < -0.39 is 0 Å². The number of ketones is 1. The summed E-state index contributed by atoms with van der Waals surface area (Å²) in [5.41, 5.74) is 3.07. The Morgan fingerprint density at radius 1 is 1.00 bits per heavy atom. The van der Waals surface area contributed by atoms with E-state index in [0.717, 1.165) is 22.1 Å². The quantitative estimate of drug-likeness (QED) is 0.505. The van der Waals surface area contributed by atoms with Crippen molar-refractivity contribution in [3.05, 3.63) is 77.1 Å². The van der Waals surface area contributed by atoms with Crippen LogP contribution < -0.4 is 0 Å². The van der Waals surface area contributed by atoms with Crippen molar-refractivity contribution in [1.82, 2.24) is 14.8 Å². The lowest BCUT2D eigenvalue weighted by Crippen LogP contribution is -2.07. The number of Topliss-reactive ketones (excluding diaryl/α,β-unsaturated/α-hetero) is 1. The standard InChI is InChI=1S/C19H19N3OS/c1-14-8-10-17(11-9-14)18(23)13-24-19-21-20-15(2)22(19)12-16-6-4-3-5-7-16/h3-11H,12-13H2,1-2H3. The average Bonchev–Trinajstić information content (AvgIpc) is 2.94. The van der Waals surface area contributed by atoms with Gasteiger partial charge in [0.05, 0.1) is 12.3 Å². The summed E-state index contributed by atoms with van der Waals surface area (Å²) in [6.07, 6.45) is 0. The molecular formula is C19H19N3OS. The Labute approximate surface area is 145 Å². The third-order valence-electron chi connectivity index (χ3n) is 3.79. The van der Waals surface area contributed by atoms with Crippen molar-refractivity contribution in [1.29, 1.82) is 0 Å². The van der Waals surface area contributed by atoms with E-state index in [-0.39, 0.29) is 5.78 Å². The molecule has 0 atom stereocenters. The summed E-state index contributed by atoms with van der Waals surface area (Å²) in [4.78, 5) is 12.3. The summed E-state index contributed by atoms with van der Waals surface area (Å²) in [5.74, 6) is 1.31. The highest BCUT2D eigenvalue weighted by atomic mass is 32.2. The molecule has 3 rings (SSSR count). The summed E-state index contributed by atoms with van der Waals surface area (Å²) in [6.45, 7) is 4.65. The number of hydrogen-bond donors (Lipinski definition) is 0. The number of thioether (sulfide) groups is 1. The minimum absolute atomic E-state index is 0.104. The smallest absolute Gasteiger partial charge is 0.191 e. The molecule has 0 saturated carbocycles. The number of aryl methyl sites for hydroxylation is 2. The van der Waals surface area contributed by atoms with Gasteiger partial charge in [-0.25, -0.2) is 0 Å². The van der Waals surface area contributed by atoms with Gasteiger partial charge in [-0.05, 0) is 19.4 Å². The van der Waals surface area contributed by atoms with Crippen molar-refractivity contribution < 1.29 is 4.79 Å². The number of nitrogens with zero attached hydrogens (tertiary/aromatic N) is 3. The van der Waals surface area contributed by atoms with Crippen LogP contribution in [0.1, 0.15) is 27.3 Å². The molecule has 0 fully saturated rings. The molecule has 0 radical (unpaired) electrons. The molecule has 0 saturated heterocycles. The molecule has 0 aliphatic heterocycles.